The summed E-state index contributed by atoms with van der Waals surface area (Å²) < 4.78 is 4.97. The number of benzene rings is 1. The summed E-state index contributed by atoms with van der Waals surface area (Å²) in [6.07, 6.45) is 3.12. The lowest BCUT2D eigenvalue weighted by atomic mass is 9.81. The van der Waals surface area contributed by atoms with E-state index >= 15 is 0 Å². The third kappa shape index (κ3) is 5.52. The molecule has 2 aliphatic rings. The second-order valence-corrected chi connectivity index (χ2v) is 8.62. The van der Waals surface area contributed by atoms with Crippen LogP contribution in [0.3, 0.4) is 0 Å². The zero-order valence-corrected chi connectivity index (χ0v) is 18.4. The van der Waals surface area contributed by atoms with Crippen LogP contribution < -0.4 is 10.6 Å². The van der Waals surface area contributed by atoms with E-state index in [1.165, 1.54) is 0 Å². The molecule has 4 amide bonds. The Bertz CT molecular complexity index is 889. The molecule has 1 heterocycles. The van der Waals surface area contributed by atoms with Crippen LogP contribution in [-0.2, 0) is 23.9 Å². The summed E-state index contributed by atoms with van der Waals surface area (Å²) in [7, 11) is 0. The molecule has 1 saturated carbocycles. The quantitative estimate of drug-likeness (QED) is 0.466. The number of imide groups is 1. The molecule has 0 aromatic heterocycles. The van der Waals surface area contributed by atoms with Gasteiger partial charge in [0.15, 0.2) is 6.61 Å². The van der Waals surface area contributed by atoms with Gasteiger partial charge in [-0.1, -0.05) is 38.8 Å². The number of hydrogen-bond donors (Lipinski definition) is 2. The van der Waals surface area contributed by atoms with Crippen LogP contribution in [0.2, 0.25) is 0 Å². The number of nitrogens with one attached hydrogen (secondary N) is 2. The number of amides is 4. The van der Waals surface area contributed by atoms with Crippen LogP contribution in [0.4, 0.5) is 5.69 Å². The summed E-state index contributed by atoms with van der Waals surface area (Å²) in [4.78, 5) is 62.6. The van der Waals surface area contributed by atoms with Crippen LogP contribution in [0.5, 0.6) is 0 Å². The number of likely N-dealkylation sites (tertiary alicyclic amines) is 1. The molecule has 172 valence electrons. The van der Waals surface area contributed by atoms with Gasteiger partial charge in [-0.2, -0.15) is 0 Å². The van der Waals surface area contributed by atoms with E-state index < -0.39 is 25.0 Å². The summed E-state index contributed by atoms with van der Waals surface area (Å²) in [6.45, 7) is 3.35. The molecule has 0 bridgehead atoms. The Hall–Kier alpha value is -3.23. The maximum atomic E-state index is 12.4. The van der Waals surface area contributed by atoms with Gasteiger partial charge in [0.2, 0.25) is 11.8 Å². The number of rotatable bonds is 8. The number of para-hydroxylation sites is 1. The first-order valence-electron chi connectivity index (χ1n) is 11.0. The fraction of sp³-hybridized carbons (Fsp3) is 0.522. The molecular formula is C23H29N3O6. The smallest absolute Gasteiger partial charge is 0.326 e. The molecule has 2 atom stereocenters. The Morgan fingerprint density at radius 2 is 1.69 bits per heavy atom. The van der Waals surface area contributed by atoms with Crippen molar-refractivity contribution in [3.05, 3.63) is 29.8 Å². The van der Waals surface area contributed by atoms with E-state index in [9.17, 15) is 24.0 Å². The second-order valence-electron chi connectivity index (χ2n) is 8.62. The highest BCUT2D eigenvalue weighted by Crippen LogP contribution is 2.37. The molecule has 1 aliphatic carbocycles. The summed E-state index contributed by atoms with van der Waals surface area (Å²) in [6, 6.07) is 6.52. The van der Waals surface area contributed by atoms with E-state index in [1.54, 1.807) is 24.3 Å². The maximum Gasteiger partial charge on any atom is 0.326 e. The van der Waals surface area contributed by atoms with Crippen molar-refractivity contribution in [2.75, 3.05) is 25.0 Å². The van der Waals surface area contributed by atoms with E-state index in [0.29, 0.717) is 30.6 Å². The Labute approximate surface area is 186 Å². The highest BCUT2D eigenvalue weighted by Gasteiger charge is 2.48. The van der Waals surface area contributed by atoms with Crippen LogP contribution in [-0.4, -0.2) is 54.2 Å². The molecule has 9 heteroatoms. The van der Waals surface area contributed by atoms with Crippen molar-refractivity contribution in [2.45, 2.75) is 39.5 Å². The zero-order valence-electron chi connectivity index (χ0n) is 18.4. The maximum absolute atomic E-state index is 12.4. The van der Waals surface area contributed by atoms with Gasteiger partial charge in [0.1, 0.15) is 6.54 Å². The number of hydrogen-bond acceptors (Lipinski definition) is 6. The van der Waals surface area contributed by atoms with Gasteiger partial charge in [0, 0.05) is 6.54 Å². The Morgan fingerprint density at radius 1 is 1.06 bits per heavy atom. The topological polar surface area (TPSA) is 122 Å². The van der Waals surface area contributed by atoms with Crippen LogP contribution >= 0.6 is 0 Å². The van der Waals surface area contributed by atoms with Crippen molar-refractivity contribution in [3.8, 4) is 0 Å². The molecule has 2 fully saturated rings. The predicted octanol–water partition coefficient (Wildman–Crippen LogP) is 1.73. The van der Waals surface area contributed by atoms with Gasteiger partial charge in [0.25, 0.3) is 11.8 Å². The van der Waals surface area contributed by atoms with Crippen molar-refractivity contribution in [3.63, 3.8) is 0 Å². The van der Waals surface area contributed by atoms with Crippen molar-refractivity contribution in [1.29, 1.82) is 0 Å². The average Bonchev–Trinajstić information content (AvgIpc) is 3.01. The number of fused-ring (bicyclic) bond motifs is 1. The number of esters is 1. The van der Waals surface area contributed by atoms with E-state index in [2.05, 4.69) is 10.6 Å². The van der Waals surface area contributed by atoms with Crippen LogP contribution in [0.25, 0.3) is 0 Å². The lowest BCUT2D eigenvalue weighted by Crippen LogP contribution is -2.37. The monoisotopic (exact) mass is 443 g/mol. The van der Waals surface area contributed by atoms with Gasteiger partial charge in [-0.15, -0.1) is 0 Å². The summed E-state index contributed by atoms with van der Waals surface area (Å²) >= 11 is 0. The molecular weight excluding hydrogens is 414 g/mol. The zero-order chi connectivity index (χ0) is 23.3. The first-order valence-corrected chi connectivity index (χ1v) is 11.0. The normalized spacial score (nSPS) is 20.2. The highest BCUT2D eigenvalue weighted by molar-refractivity contribution is 6.07. The van der Waals surface area contributed by atoms with Gasteiger partial charge in [0.05, 0.1) is 23.1 Å². The van der Waals surface area contributed by atoms with Crippen molar-refractivity contribution in [1.82, 2.24) is 10.2 Å². The standard InChI is InChI=1S/C23H29N3O6/c1-14(2)11-24-21(29)17-9-5-6-10-18(17)25-19(27)13-32-20(28)12-26-22(30)15-7-3-4-8-16(15)23(26)31/h5-6,9-10,14-16H,3-4,7-8,11-13H2,1-2H3,(H,24,29)(H,25,27)/t15-,16+. The molecule has 1 saturated heterocycles. The lowest BCUT2D eigenvalue weighted by molar-refractivity contribution is -0.154. The van der Waals surface area contributed by atoms with Crippen LogP contribution in [0, 0.1) is 17.8 Å². The molecule has 1 aromatic rings. The molecule has 1 aromatic carbocycles. The molecule has 0 radical (unpaired) electrons. The Morgan fingerprint density at radius 3 is 2.31 bits per heavy atom. The largest absolute Gasteiger partial charge is 0.454 e. The van der Waals surface area contributed by atoms with E-state index in [1.807, 2.05) is 13.8 Å². The van der Waals surface area contributed by atoms with Gasteiger partial charge < -0.3 is 15.4 Å². The van der Waals surface area contributed by atoms with Crippen molar-refractivity contribution < 1.29 is 28.7 Å². The third-order valence-corrected chi connectivity index (χ3v) is 5.70. The molecule has 32 heavy (non-hydrogen) atoms. The fourth-order valence-corrected chi connectivity index (χ4v) is 4.08. The second kappa shape index (κ2) is 10.4. The number of carbonyl (C=O) groups is 5. The first kappa shape index (κ1) is 23.4. The van der Waals surface area contributed by atoms with Gasteiger partial charge in [-0.05, 0) is 30.9 Å². The summed E-state index contributed by atoms with van der Waals surface area (Å²) in [5.74, 6) is -2.85. The van der Waals surface area contributed by atoms with Crippen molar-refractivity contribution >= 4 is 35.3 Å². The van der Waals surface area contributed by atoms with Gasteiger partial charge in [-0.25, -0.2) is 0 Å². The highest BCUT2D eigenvalue weighted by atomic mass is 16.5. The number of nitrogens with zero attached hydrogens (tertiary/aromatic N) is 1. The molecule has 1 aliphatic heterocycles. The lowest BCUT2D eigenvalue weighted by Gasteiger charge is -2.19. The van der Waals surface area contributed by atoms with Crippen molar-refractivity contribution in [2.24, 2.45) is 17.8 Å². The molecule has 3 rings (SSSR count). The SMILES string of the molecule is CC(C)CNC(=O)c1ccccc1NC(=O)COC(=O)CN1C(=O)[C@H]2CCCC[C@H]2C1=O. The summed E-state index contributed by atoms with van der Waals surface area (Å²) in [5, 5.41) is 5.35. The third-order valence-electron chi connectivity index (χ3n) is 5.70. The summed E-state index contributed by atoms with van der Waals surface area (Å²) in [5.41, 5.74) is 0.590. The Balaban J connectivity index is 1.51. The molecule has 9 nitrogen and oxygen atoms in total. The van der Waals surface area contributed by atoms with Crippen LogP contribution in [0.15, 0.2) is 24.3 Å². The number of carbonyl (C=O) groups excluding carboxylic acids is 5. The molecule has 0 unspecified atom stereocenters. The van der Waals surface area contributed by atoms with E-state index in [0.717, 1.165) is 17.7 Å². The van der Waals surface area contributed by atoms with Gasteiger partial charge >= 0.3 is 5.97 Å². The van der Waals surface area contributed by atoms with Crippen LogP contribution in [0.1, 0.15) is 49.9 Å². The van der Waals surface area contributed by atoms with E-state index in [4.69, 9.17) is 4.74 Å². The number of ether oxygens (including phenoxy) is 1. The first-order chi connectivity index (χ1) is 15.3. The minimum absolute atomic E-state index is 0.276. The minimum Gasteiger partial charge on any atom is -0.454 e. The van der Waals surface area contributed by atoms with E-state index in [-0.39, 0.29) is 35.5 Å². The minimum atomic E-state index is -0.830. The Kier molecular flexibility index (Phi) is 7.61. The average molecular weight is 444 g/mol. The molecule has 2 N–H and O–H groups in total. The number of anilines is 1. The predicted molar refractivity (Wildman–Crippen MR) is 115 cm³/mol. The molecule has 0 spiro atoms. The fourth-order valence-electron chi connectivity index (χ4n) is 4.08. The van der Waals surface area contributed by atoms with Gasteiger partial charge in [-0.3, -0.25) is 28.9 Å².